The van der Waals surface area contributed by atoms with E-state index in [0.717, 1.165) is 16.3 Å². The Balaban J connectivity index is 2.07. The van der Waals surface area contributed by atoms with Gasteiger partial charge in [-0.25, -0.2) is 8.78 Å². The quantitative estimate of drug-likeness (QED) is 0.528. The summed E-state index contributed by atoms with van der Waals surface area (Å²) in [5, 5.41) is 1.39. The van der Waals surface area contributed by atoms with Crippen molar-refractivity contribution in [1.29, 1.82) is 0 Å². The van der Waals surface area contributed by atoms with Crippen LogP contribution in [0.5, 0.6) is 0 Å². The molecule has 0 heterocycles. The van der Waals surface area contributed by atoms with Crippen LogP contribution in [0, 0.1) is 18.6 Å². The molecule has 3 heteroatoms. The van der Waals surface area contributed by atoms with E-state index < -0.39 is 17.0 Å². The van der Waals surface area contributed by atoms with Crippen molar-refractivity contribution in [3.63, 3.8) is 0 Å². The van der Waals surface area contributed by atoms with Crippen LogP contribution in [0.4, 0.5) is 8.78 Å². The van der Waals surface area contributed by atoms with Gasteiger partial charge in [-0.3, -0.25) is 0 Å². The minimum atomic E-state index is -0.718. The highest BCUT2D eigenvalue weighted by molar-refractivity contribution is 6.22. The van der Waals surface area contributed by atoms with Gasteiger partial charge in [0.15, 0.2) is 0 Å². The first kappa shape index (κ1) is 14.0. The molecule has 0 saturated heterocycles. The van der Waals surface area contributed by atoms with Crippen LogP contribution in [0.15, 0.2) is 54.6 Å². The lowest BCUT2D eigenvalue weighted by Crippen LogP contribution is -2.00. The molecule has 0 aliphatic rings. The molecule has 0 nitrogen and oxygen atoms in total. The highest BCUT2D eigenvalue weighted by atomic mass is 35.5. The van der Waals surface area contributed by atoms with Crippen molar-refractivity contribution in [3.8, 4) is 0 Å². The van der Waals surface area contributed by atoms with E-state index in [-0.39, 0.29) is 11.1 Å². The van der Waals surface area contributed by atoms with Gasteiger partial charge in [0.2, 0.25) is 0 Å². The van der Waals surface area contributed by atoms with Crippen LogP contribution in [0.2, 0.25) is 0 Å². The predicted octanol–water partition coefficient (Wildman–Crippen LogP) is 5.75. The largest absolute Gasteiger partial charge is 0.207 e. The molecule has 106 valence electrons. The molecule has 1 unspecified atom stereocenters. The number of halogens is 3. The zero-order valence-electron chi connectivity index (χ0n) is 11.4. The first-order chi connectivity index (χ1) is 10.1. The summed E-state index contributed by atoms with van der Waals surface area (Å²) >= 11 is 6.35. The normalized spacial score (nSPS) is 12.6. The van der Waals surface area contributed by atoms with E-state index in [2.05, 4.69) is 0 Å². The van der Waals surface area contributed by atoms with E-state index in [1.807, 2.05) is 42.5 Å². The van der Waals surface area contributed by atoms with E-state index in [9.17, 15) is 8.78 Å². The average Bonchev–Trinajstić information content (AvgIpc) is 2.50. The molecule has 0 aliphatic heterocycles. The minimum Gasteiger partial charge on any atom is -0.207 e. The van der Waals surface area contributed by atoms with Gasteiger partial charge in [-0.15, -0.1) is 11.6 Å². The Bertz CT molecular complexity index is 811. The highest BCUT2D eigenvalue weighted by Crippen LogP contribution is 2.33. The molecule has 0 bridgehead atoms. The minimum absolute atomic E-state index is 0.162. The Morgan fingerprint density at radius 1 is 0.857 bits per heavy atom. The van der Waals surface area contributed by atoms with Gasteiger partial charge in [0.25, 0.3) is 0 Å². The summed E-state index contributed by atoms with van der Waals surface area (Å²) in [5.41, 5.74) is 1.19. The Hall–Kier alpha value is -1.93. The highest BCUT2D eigenvalue weighted by Gasteiger charge is 2.17. The number of hydrogen-bond acceptors (Lipinski definition) is 0. The van der Waals surface area contributed by atoms with Gasteiger partial charge >= 0.3 is 0 Å². The van der Waals surface area contributed by atoms with Crippen molar-refractivity contribution >= 4 is 22.4 Å². The molecule has 0 saturated carbocycles. The van der Waals surface area contributed by atoms with Crippen molar-refractivity contribution in [2.45, 2.75) is 12.3 Å². The SMILES string of the molecule is Cc1cc(F)c(C(Cl)c2ccc3ccccc3c2)cc1F. The molecule has 0 fully saturated rings. The van der Waals surface area contributed by atoms with Crippen LogP contribution in [-0.4, -0.2) is 0 Å². The number of fused-ring (bicyclic) bond motifs is 1. The fraction of sp³-hybridized carbons (Fsp3) is 0.111. The number of benzene rings is 3. The number of hydrogen-bond donors (Lipinski definition) is 0. The van der Waals surface area contributed by atoms with Gasteiger partial charge < -0.3 is 0 Å². The second-order valence-electron chi connectivity index (χ2n) is 5.09. The lowest BCUT2D eigenvalue weighted by molar-refractivity contribution is 0.580. The van der Waals surface area contributed by atoms with E-state index in [0.29, 0.717) is 0 Å². The third kappa shape index (κ3) is 2.64. The van der Waals surface area contributed by atoms with Crippen LogP contribution in [0.3, 0.4) is 0 Å². The monoisotopic (exact) mass is 302 g/mol. The molecular weight excluding hydrogens is 290 g/mol. The van der Waals surface area contributed by atoms with E-state index in [4.69, 9.17) is 11.6 Å². The van der Waals surface area contributed by atoms with Gasteiger partial charge in [0.05, 0.1) is 5.38 Å². The maximum absolute atomic E-state index is 14.0. The topological polar surface area (TPSA) is 0 Å². The van der Waals surface area contributed by atoms with Crippen LogP contribution in [-0.2, 0) is 0 Å². The van der Waals surface area contributed by atoms with Crippen molar-refractivity contribution in [2.24, 2.45) is 0 Å². The smallest absolute Gasteiger partial charge is 0.128 e. The van der Waals surface area contributed by atoms with Crippen LogP contribution in [0.25, 0.3) is 10.8 Å². The summed E-state index contributed by atoms with van der Waals surface area (Å²) in [6.07, 6.45) is 0. The van der Waals surface area contributed by atoms with E-state index in [1.165, 1.54) is 19.1 Å². The summed E-state index contributed by atoms with van der Waals surface area (Å²) in [6.45, 7) is 1.53. The Kier molecular flexibility index (Phi) is 3.64. The second kappa shape index (κ2) is 5.45. The summed E-state index contributed by atoms with van der Waals surface area (Å²) in [6, 6.07) is 15.9. The number of rotatable bonds is 2. The molecule has 0 radical (unpaired) electrons. The van der Waals surface area contributed by atoms with E-state index >= 15 is 0 Å². The molecule has 0 aliphatic carbocycles. The molecule has 3 rings (SSSR count). The van der Waals surface area contributed by atoms with Crippen LogP contribution < -0.4 is 0 Å². The molecule has 0 aromatic heterocycles. The standard InChI is InChI=1S/C18H13ClF2/c1-11-8-17(21)15(10-16(11)20)18(19)14-7-6-12-4-2-3-5-13(12)9-14/h2-10,18H,1H3. The van der Waals surface area contributed by atoms with Crippen molar-refractivity contribution in [3.05, 3.63) is 82.9 Å². The molecule has 1 atom stereocenters. The molecule has 21 heavy (non-hydrogen) atoms. The van der Waals surface area contributed by atoms with Crippen LogP contribution in [0.1, 0.15) is 22.1 Å². The van der Waals surface area contributed by atoms with E-state index in [1.54, 1.807) is 0 Å². The van der Waals surface area contributed by atoms with Gasteiger partial charge in [-0.05, 0) is 47.0 Å². The van der Waals surface area contributed by atoms with Crippen LogP contribution >= 0.6 is 11.6 Å². The zero-order chi connectivity index (χ0) is 15.0. The lowest BCUT2D eigenvalue weighted by Gasteiger charge is -2.13. The molecule has 3 aromatic rings. The fourth-order valence-electron chi connectivity index (χ4n) is 2.40. The molecule has 0 N–H and O–H groups in total. The van der Waals surface area contributed by atoms with Gasteiger partial charge in [-0.1, -0.05) is 36.4 Å². The second-order valence-corrected chi connectivity index (χ2v) is 5.53. The zero-order valence-corrected chi connectivity index (χ0v) is 12.2. The third-order valence-corrected chi connectivity index (χ3v) is 4.10. The first-order valence-electron chi connectivity index (χ1n) is 6.64. The number of alkyl halides is 1. The molecule has 3 aromatic carbocycles. The molecule has 0 spiro atoms. The predicted molar refractivity (Wildman–Crippen MR) is 82.7 cm³/mol. The summed E-state index contributed by atoms with van der Waals surface area (Å²) in [4.78, 5) is 0. The third-order valence-electron chi connectivity index (χ3n) is 3.62. The Morgan fingerprint density at radius 3 is 2.33 bits per heavy atom. The van der Waals surface area contributed by atoms with Crippen molar-refractivity contribution in [2.75, 3.05) is 0 Å². The molecule has 0 amide bonds. The maximum Gasteiger partial charge on any atom is 0.128 e. The summed E-state index contributed by atoms with van der Waals surface area (Å²) < 4.78 is 27.7. The van der Waals surface area contributed by atoms with Gasteiger partial charge in [0, 0.05) is 5.56 Å². The van der Waals surface area contributed by atoms with Gasteiger partial charge in [0.1, 0.15) is 11.6 Å². The van der Waals surface area contributed by atoms with Gasteiger partial charge in [-0.2, -0.15) is 0 Å². The van der Waals surface area contributed by atoms with Crippen molar-refractivity contribution in [1.82, 2.24) is 0 Å². The average molecular weight is 303 g/mol. The van der Waals surface area contributed by atoms with Crippen molar-refractivity contribution < 1.29 is 8.78 Å². The first-order valence-corrected chi connectivity index (χ1v) is 7.08. The lowest BCUT2D eigenvalue weighted by atomic mass is 9.99. The Labute approximate surface area is 127 Å². The Morgan fingerprint density at radius 2 is 1.57 bits per heavy atom. The molecular formula is C18H13ClF2. The number of aryl methyl sites for hydroxylation is 1. The fourth-order valence-corrected chi connectivity index (χ4v) is 2.70. The summed E-state index contributed by atoms with van der Waals surface area (Å²) in [7, 11) is 0. The summed E-state index contributed by atoms with van der Waals surface area (Å²) in [5.74, 6) is -0.931. The maximum atomic E-state index is 14.0.